The lowest BCUT2D eigenvalue weighted by Gasteiger charge is -2.00. The van der Waals surface area contributed by atoms with Crippen molar-refractivity contribution in [2.75, 3.05) is 0 Å². The van der Waals surface area contributed by atoms with Crippen LogP contribution in [0.3, 0.4) is 0 Å². The second-order valence-electron chi connectivity index (χ2n) is 2.45. The van der Waals surface area contributed by atoms with E-state index in [1.807, 2.05) is 31.2 Å². The number of benzene rings is 1. The van der Waals surface area contributed by atoms with Crippen molar-refractivity contribution in [2.45, 2.75) is 12.7 Å². The zero-order chi connectivity index (χ0) is 8.27. The highest BCUT2D eigenvalue weighted by Crippen LogP contribution is 2.07. The highest BCUT2D eigenvalue weighted by atomic mass is 32.2. The average molecular weight is 169 g/mol. The van der Waals surface area contributed by atoms with E-state index in [1.165, 1.54) is 0 Å². The van der Waals surface area contributed by atoms with Gasteiger partial charge >= 0.3 is 0 Å². The van der Waals surface area contributed by atoms with Crippen molar-refractivity contribution >= 4 is 11.0 Å². The van der Waals surface area contributed by atoms with Gasteiger partial charge in [-0.3, -0.25) is 5.14 Å². The summed E-state index contributed by atoms with van der Waals surface area (Å²) in [5.74, 6) is 0.451. The van der Waals surface area contributed by atoms with E-state index in [-0.39, 0.29) is 0 Å². The lowest BCUT2D eigenvalue weighted by atomic mass is 10.1. The minimum atomic E-state index is -1.23. The molecule has 1 atom stereocenters. The van der Waals surface area contributed by atoms with Crippen LogP contribution < -0.4 is 5.14 Å². The largest absolute Gasteiger partial charge is 0.252 e. The Morgan fingerprint density at radius 1 is 1.45 bits per heavy atom. The molecule has 0 aliphatic heterocycles. The third-order valence-electron chi connectivity index (χ3n) is 1.56. The van der Waals surface area contributed by atoms with Crippen LogP contribution in [0.15, 0.2) is 24.3 Å². The summed E-state index contributed by atoms with van der Waals surface area (Å²) in [6.45, 7) is 1.99. The van der Waals surface area contributed by atoms with Gasteiger partial charge in [-0.15, -0.1) is 0 Å². The van der Waals surface area contributed by atoms with Crippen molar-refractivity contribution in [2.24, 2.45) is 5.14 Å². The third kappa shape index (κ3) is 2.44. The number of hydrogen-bond donors (Lipinski definition) is 1. The molecule has 0 bridgehead atoms. The third-order valence-corrected chi connectivity index (χ3v) is 2.15. The van der Waals surface area contributed by atoms with Crippen LogP contribution in [0.4, 0.5) is 0 Å². The molecule has 1 aromatic rings. The number of aryl methyl sites for hydroxylation is 1. The van der Waals surface area contributed by atoms with Gasteiger partial charge in [-0.2, -0.15) is 0 Å². The molecule has 1 aromatic carbocycles. The lowest BCUT2D eigenvalue weighted by Crippen LogP contribution is -2.06. The molecular formula is C8H11NOS. The Kier molecular flexibility index (Phi) is 2.79. The average Bonchev–Trinajstić information content (AvgIpc) is 1.93. The molecule has 0 spiro atoms. The van der Waals surface area contributed by atoms with E-state index in [9.17, 15) is 4.21 Å². The first-order valence-corrected chi connectivity index (χ1v) is 4.75. The van der Waals surface area contributed by atoms with Gasteiger partial charge in [-0.25, -0.2) is 4.21 Å². The minimum absolute atomic E-state index is 0.451. The quantitative estimate of drug-likeness (QED) is 0.708. The molecule has 0 saturated heterocycles. The van der Waals surface area contributed by atoms with Crippen LogP contribution in [0.2, 0.25) is 0 Å². The van der Waals surface area contributed by atoms with Crippen LogP contribution >= 0.6 is 0 Å². The fourth-order valence-corrected chi connectivity index (χ4v) is 1.56. The Labute approximate surface area is 69.0 Å². The van der Waals surface area contributed by atoms with Gasteiger partial charge < -0.3 is 0 Å². The van der Waals surface area contributed by atoms with Crippen LogP contribution in [0.25, 0.3) is 0 Å². The highest BCUT2D eigenvalue weighted by molar-refractivity contribution is 7.81. The molecule has 0 heterocycles. The van der Waals surface area contributed by atoms with Crippen molar-refractivity contribution in [3.8, 4) is 0 Å². The molecule has 0 amide bonds. The van der Waals surface area contributed by atoms with E-state index in [0.717, 1.165) is 11.1 Å². The van der Waals surface area contributed by atoms with Crippen LogP contribution in [-0.2, 0) is 16.7 Å². The highest BCUT2D eigenvalue weighted by Gasteiger charge is 1.98. The van der Waals surface area contributed by atoms with E-state index < -0.39 is 11.0 Å². The maximum absolute atomic E-state index is 10.7. The molecule has 0 radical (unpaired) electrons. The van der Waals surface area contributed by atoms with Crippen molar-refractivity contribution in [1.29, 1.82) is 0 Å². The van der Waals surface area contributed by atoms with E-state index in [0.29, 0.717) is 5.75 Å². The monoisotopic (exact) mass is 169 g/mol. The molecule has 3 heteroatoms. The molecule has 1 unspecified atom stereocenters. The van der Waals surface area contributed by atoms with Crippen molar-refractivity contribution in [3.05, 3.63) is 35.4 Å². The molecule has 0 aliphatic carbocycles. The van der Waals surface area contributed by atoms with Gasteiger partial charge in [0.1, 0.15) is 0 Å². The standard InChI is InChI=1S/C8H11NOS/c1-7-4-2-3-5-8(7)6-11(9)10/h2-5H,6,9H2,1H3. The summed E-state index contributed by atoms with van der Waals surface area (Å²) < 4.78 is 10.7. The lowest BCUT2D eigenvalue weighted by molar-refractivity contribution is 0.684. The summed E-state index contributed by atoms with van der Waals surface area (Å²) in [6.07, 6.45) is 0. The second kappa shape index (κ2) is 3.64. The minimum Gasteiger partial charge on any atom is -0.252 e. The summed E-state index contributed by atoms with van der Waals surface area (Å²) in [5.41, 5.74) is 2.21. The van der Waals surface area contributed by atoms with Gasteiger partial charge in [0.2, 0.25) is 0 Å². The number of nitrogens with two attached hydrogens (primary N) is 1. The van der Waals surface area contributed by atoms with Crippen LogP contribution in [0.5, 0.6) is 0 Å². The predicted octanol–water partition coefficient (Wildman–Crippen LogP) is 1.12. The van der Waals surface area contributed by atoms with E-state index in [2.05, 4.69) is 0 Å². The Hall–Kier alpha value is -0.670. The van der Waals surface area contributed by atoms with Gasteiger partial charge in [0.15, 0.2) is 0 Å². The van der Waals surface area contributed by atoms with Crippen molar-refractivity contribution < 1.29 is 4.21 Å². The Morgan fingerprint density at radius 2 is 2.09 bits per heavy atom. The van der Waals surface area contributed by atoms with Crippen LogP contribution in [-0.4, -0.2) is 4.21 Å². The first-order valence-electron chi connectivity index (χ1n) is 3.37. The molecule has 1 rings (SSSR count). The number of rotatable bonds is 2. The zero-order valence-corrected chi connectivity index (χ0v) is 7.23. The topological polar surface area (TPSA) is 43.1 Å². The van der Waals surface area contributed by atoms with Crippen LogP contribution in [0.1, 0.15) is 11.1 Å². The first-order chi connectivity index (χ1) is 5.20. The van der Waals surface area contributed by atoms with Gasteiger partial charge in [-0.1, -0.05) is 24.3 Å². The van der Waals surface area contributed by atoms with E-state index in [1.54, 1.807) is 0 Å². The van der Waals surface area contributed by atoms with Gasteiger partial charge in [0, 0.05) is 0 Å². The molecule has 0 aliphatic rings. The van der Waals surface area contributed by atoms with Crippen LogP contribution in [0, 0.1) is 6.92 Å². The molecule has 0 saturated carbocycles. The first kappa shape index (κ1) is 8.43. The molecule has 0 fully saturated rings. The molecule has 2 N–H and O–H groups in total. The zero-order valence-electron chi connectivity index (χ0n) is 6.41. The summed E-state index contributed by atoms with van der Waals surface area (Å²) in [5, 5.41) is 5.17. The van der Waals surface area contributed by atoms with Gasteiger partial charge in [0.25, 0.3) is 0 Å². The fraction of sp³-hybridized carbons (Fsp3) is 0.250. The molecular weight excluding hydrogens is 158 g/mol. The van der Waals surface area contributed by atoms with E-state index in [4.69, 9.17) is 5.14 Å². The Morgan fingerprint density at radius 3 is 2.64 bits per heavy atom. The Bertz CT molecular complexity index is 273. The molecule has 60 valence electrons. The maximum atomic E-state index is 10.7. The molecule has 2 nitrogen and oxygen atoms in total. The predicted molar refractivity (Wildman–Crippen MR) is 47.2 cm³/mol. The Balaban J connectivity index is 2.86. The normalized spacial score (nSPS) is 12.9. The number of hydrogen-bond acceptors (Lipinski definition) is 1. The van der Waals surface area contributed by atoms with Crippen molar-refractivity contribution in [3.63, 3.8) is 0 Å². The smallest absolute Gasteiger partial charge is 0.0933 e. The fourth-order valence-electron chi connectivity index (χ4n) is 0.925. The second-order valence-corrected chi connectivity index (χ2v) is 3.50. The molecule has 11 heavy (non-hydrogen) atoms. The SMILES string of the molecule is Cc1ccccc1CS(N)=O. The van der Waals surface area contributed by atoms with Crippen molar-refractivity contribution in [1.82, 2.24) is 0 Å². The van der Waals surface area contributed by atoms with E-state index >= 15 is 0 Å². The summed E-state index contributed by atoms with van der Waals surface area (Å²) in [6, 6.07) is 7.82. The summed E-state index contributed by atoms with van der Waals surface area (Å²) in [7, 11) is -1.23. The van der Waals surface area contributed by atoms with Gasteiger partial charge in [0.05, 0.1) is 16.7 Å². The summed E-state index contributed by atoms with van der Waals surface area (Å²) >= 11 is 0. The molecule has 0 aromatic heterocycles. The van der Waals surface area contributed by atoms with Gasteiger partial charge in [-0.05, 0) is 18.1 Å². The maximum Gasteiger partial charge on any atom is 0.0933 e. The summed E-state index contributed by atoms with van der Waals surface area (Å²) in [4.78, 5) is 0.